The fourth-order valence-corrected chi connectivity index (χ4v) is 3.51. The molecule has 1 saturated heterocycles. The summed E-state index contributed by atoms with van der Waals surface area (Å²) in [5, 5.41) is 12.3. The predicted molar refractivity (Wildman–Crippen MR) is 111 cm³/mol. The van der Waals surface area contributed by atoms with Gasteiger partial charge in [-0.25, -0.2) is 0 Å². The number of halogens is 3. The average molecular weight is 453 g/mol. The van der Waals surface area contributed by atoms with E-state index in [1.54, 1.807) is 0 Å². The Morgan fingerprint density at radius 1 is 0.968 bits per heavy atom. The molecule has 31 heavy (non-hydrogen) atoms. The van der Waals surface area contributed by atoms with Crippen molar-refractivity contribution in [3.8, 4) is 0 Å². The van der Waals surface area contributed by atoms with Gasteiger partial charge in [0.05, 0.1) is 0 Å². The third kappa shape index (κ3) is 11.5. The van der Waals surface area contributed by atoms with Crippen LogP contribution in [0.15, 0.2) is 0 Å². The van der Waals surface area contributed by atoms with E-state index in [0.29, 0.717) is 64.6 Å². The quantitative estimate of drug-likeness (QED) is 0.393. The van der Waals surface area contributed by atoms with Crippen LogP contribution in [0, 0.1) is 5.41 Å². The number of likely N-dealkylation sites (tertiary alicyclic amines) is 1. The first-order chi connectivity index (χ1) is 15.1. The zero-order valence-electron chi connectivity index (χ0n) is 19.3. The lowest BCUT2D eigenvalue weighted by Gasteiger charge is -2.38. The molecule has 180 valence electrons. The number of hydrogen-bond acceptors (Lipinski definition) is 4. The maximum Gasteiger partial charge on any atom is 0.449 e. The highest BCUT2D eigenvalue weighted by Gasteiger charge is 2.37. The Balaban J connectivity index is 1.98. The number of nitrogens with zero attached hydrogens (tertiary/aromatic N) is 1. The first-order valence-corrected chi connectivity index (χ1v) is 11.2. The van der Waals surface area contributed by atoms with Crippen molar-refractivity contribution in [2.45, 2.75) is 90.1 Å². The Hall–Kier alpha value is -1.64. The van der Waals surface area contributed by atoms with Gasteiger partial charge >= 0.3 is 6.18 Å². The van der Waals surface area contributed by atoms with E-state index in [-0.39, 0.29) is 37.2 Å². The lowest BCUT2D eigenvalue weighted by Crippen LogP contribution is -2.43. The molecule has 0 spiro atoms. The molecule has 0 radical (unpaired) electrons. The van der Waals surface area contributed by atoms with E-state index in [0.717, 1.165) is 19.3 Å². The van der Waals surface area contributed by atoms with Gasteiger partial charge < -0.3 is 15.3 Å². The largest absolute Gasteiger partial charge is 0.449 e. The number of unbranched alkanes of at least 4 members (excludes halogenated alkanes) is 5. The second-order valence-electron chi connectivity index (χ2n) is 8.53. The van der Waals surface area contributed by atoms with Gasteiger partial charge in [-0.1, -0.05) is 26.2 Å². The van der Waals surface area contributed by atoms with Gasteiger partial charge in [0.1, 0.15) is 0 Å². The minimum absolute atomic E-state index is 0.00673. The Morgan fingerprint density at radius 2 is 1.55 bits per heavy atom. The van der Waals surface area contributed by atoms with Crippen LogP contribution in [-0.2, 0) is 14.4 Å². The molecule has 6 nitrogen and oxygen atoms in total. The van der Waals surface area contributed by atoms with Gasteiger partial charge in [-0.05, 0) is 43.9 Å². The summed E-state index contributed by atoms with van der Waals surface area (Å²) >= 11 is 0. The zero-order valence-corrected chi connectivity index (χ0v) is 18.3. The molecule has 0 saturated carbocycles. The number of hydrogen-bond donors (Lipinski definition) is 2. The molecule has 1 aliphatic heterocycles. The Labute approximate surface area is 184 Å². The van der Waals surface area contributed by atoms with E-state index < -0.39 is 18.4 Å². The summed E-state index contributed by atoms with van der Waals surface area (Å²) in [6.07, 6.45) is 1.04. The summed E-state index contributed by atoms with van der Waals surface area (Å²) in [7, 11) is 0. The molecule has 2 amide bonds. The lowest BCUT2D eigenvalue weighted by atomic mass is 9.81. The molecule has 1 fully saturated rings. The molecule has 0 aromatic heterocycles. The molecule has 0 aromatic rings. The Bertz CT molecular complexity index is 588. The fourth-order valence-electron chi connectivity index (χ4n) is 3.51. The molecule has 1 heterocycles. The van der Waals surface area contributed by atoms with Crippen LogP contribution in [0.2, 0.25) is 0 Å². The molecule has 1 aliphatic rings. The first-order valence-electron chi connectivity index (χ1n) is 11.9. The first kappa shape index (κ1) is 25.6. The van der Waals surface area contributed by atoms with E-state index in [2.05, 4.69) is 5.32 Å². The minimum Gasteiger partial charge on any atom is -0.396 e. The number of Topliss-reactive ketones (excluding diaryl/α,β-unsaturated/α-hetero) is 1. The lowest BCUT2D eigenvalue weighted by molar-refractivity contribution is -0.171. The van der Waals surface area contributed by atoms with Crippen LogP contribution in [0.25, 0.3) is 0 Å². The smallest absolute Gasteiger partial charge is 0.396 e. The van der Waals surface area contributed by atoms with Gasteiger partial charge in [0, 0.05) is 46.9 Å². The number of piperidine rings is 1. The van der Waals surface area contributed by atoms with Crippen molar-refractivity contribution < 1.29 is 34.0 Å². The molecule has 0 unspecified atom stereocenters. The van der Waals surface area contributed by atoms with Crippen LogP contribution in [0.5, 0.6) is 0 Å². The Kier molecular flexibility index (Phi) is 11.3. The van der Waals surface area contributed by atoms with Crippen LogP contribution in [0.3, 0.4) is 0 Å². The second kappa shape index (κ2) is 13.7. The number of aliphatic hydroxyl groups is 1. The zero-order chi connectivity index (χ0) is 24.0. The second-order valence-corrected chi connectivity index (χ2v) is 8.53. The van der Waals surface area contributed by atoms with Gasteiger partial charge in [0.15, 0.2) is 0 Å². The highest BCUT2D eigenvalue weighted by molar-refractivity contribution is 5.83. The van der Waals surface area contributed by atoms with Crippen molar-refractivity contribution in [2.75, 3.05) is 26.2 Å². The molecule has 0 aromatic carbocycles. The number of ketones is 1. The normalized spacial score (nSPS) is 16.6. The van der Waals surface area contributed by atoms with Crippen molar-refractivity contribution in [1.82, 2.24) is 10.2 Å². The summed E-state index contributed by atoms with van der Waals surface area (Å²) in [6, 6.07) is 0. The maximum atomic E-state index is 12.3. The van der Waals surface area contributed by atoms with Gasteiger partial charge in [0.2, 0.25) is 17.6 Å². The summed E-state index contributed by atoms with van der Waals surface area (Å²) in [5.41, 5.74) is -0.360. The summed E-state index contributed by atoms with van der Waals surface area (Å²) in [6.45, 7) is 1.88. The van der Waals surface area contributed by atoms with Crippen LogP contribution >= 0.6 is 0 Å². The SMILES string of the molecule is [3H]CC1(CO)CCN(C(=O)CCCCCNC(=O)CCCCCCC(=O)C(F)(F)F)CC1. The van der Waals surface area contributed by atoms with Gasteiger partial charge in [-0.15, -0.1) is 0 Å². The van der Waals surface area contributed by atoms with E-state index >= 15 is 0 Å². The number of amides is 2. The van der Waals surface area contributed by atoms with Crippen LogP contribution in [0.1, 0.15) is 85.3 Å². The van der Waals surface area contributed by atoms with E-state index in [9.17, 15) is 32.7 Å². The van der Waals surface area contributed by atoms with Gasteiger partial charge in [-0.2, -0.15) is 13.2 Å². The molecule has 2 N–H and O–H groups in total. The molecule has 0 aliphatic carbocycles. The highest BCUT2D eigenvalue weighted by Crippen LogP contribution is 2.30. The van der Waals surface area contributed by atoms with E-state index in [1.807, 2.05) is 4.90 Å². The molecular weight excluding hydrogens is 413 g/mol. The summed E-state index contributed by atoms with van der Waals surface area (Å²) in [4.78, 5) is 36.6. The van der Waals surface area contributed by atoms with Crippen molar-refractivity contribution >= 4 is 17.6 Å². The number of nitrogens with one attached hydrogen (secondary N) is 1. The Morgan fingerprint density at radius 3 is 2.13 bits per heavy atom. The third-order valence-corrected chi connectivity index (χ3v) is 5.78. The van der Waals surface area contributed by atoms with Crippen LogP contribution in [0.4, 0.5) is 13.2 Å². The topological polar surface area (TPSA) is 86.7 Å². The van der Waals surface area contributed by atoms with E-state index in [1.165, 1.54) is 0 Å². The monoisotopic (exact) mass is 452 g/mol. The summed E-state index contributed by atoms with van der Waals surface area (Å²) < 4.78 is 43.8. The average Bonchev–Trinajstić information content (AvgIpc) is 2.77. The molecule has 1 rings (SSSR count). The third-order valence-electron chi connectivity index (χ3n) is 5.78. The number of carbonyl (C=O) groups is 3. The summed E-state index contributed by atoms with van der Waals surface area (Å²) in [5.74, 6) is -1.69. The molecular formula is C22H37F3N2O4. The fraction of sp³-hybridized carbons (Fsp3) is 0.864. The molecule has 9 heteroatoms. The van der Waals surface area contributed by atoms with Gasteiger partial charge in [0.25, 0.3) is 0 Å². The maximum absolute atomic E-state index is 12.3. The number of alkyl halides is 3. The number of rotatable bonds is 14. The molecule has 0 atom stereocenters. The van der Waals surface area contributed by atoms with Crippen LogP contribution in [-0.4, -0.2) is 60.0 Å². The van der Waals surface area contributed by atoms with Crippen molar-refractivity contribution in [1.29, 1.82) is 0 Å². The number of carbonyl (C=O) groups excluding carboxylic acids is 3. The standard InChI is InChI=1S/C22H37F3N2O4/c1-21(17-28)12-15-27(16-13-21)20(31)11-7-4-8-14-26-19(30)10-6-3-2-5-9-18(29)22(23,24)25/h28H,2-17H2,1H3,(H,26,30)/i1T. The predicted octanol–water partition coefficient (Wildman–Crippen LogP) is 3.76. The van der Waals surface area contributed by atoms with Crippen LogP contribution < -0.4 is 5.32 Å². The van der Waals surface area contributed by atoms with Crippen molar-refractivity contribution in [3.63, 3.8) is 0 Å². The van der Waals surface area contributed by atoms with Gasteiger partial charge in [-0.3, -0.25) is 14.4 Å². The molecule has 0 bridgehead atoms. The highest BCUT2D eigenvalue weighted by atomic mass is 19.4. The van der Waals surface area contributed by atoms with E-state index in [4.69, 9.17) is 1.37 Å². The minimum atomic E-state index is -4.75. The van der Waals surface area contributed by atoms with Crippen molar-refractivity contribution in [3.05, 3.63) is 0 Å². The van der Waals surface area contributed by atoms with Crippen molar-refractivity contribution in [2.24, 2.45) is 5.41 Å². The number of aliphatic hydroxyl groups excluding tert-OH is 1.